The van der Waals surface area contributed by atoms with Crippen LogP contribution in [0.15, 0.2) is 24.3 Å². The number of amides is 3. The lowest BCUT2D eigenvalue weighted by molar-refractivity contribution is -0.0970. The molecule has 1 aliphatic carbocycles. The number of allylic oxidation sites excluding steroid dienone is 2. The molecule has 1 aromatic heterocycles. The molecule has 0 fully saturated rings. The second-order valence-corrected chi connectivity index (χ2v) is 11.6. The van der Waals surface area contributed by atoms with Crippen molar-refractivity contribution in [2.24, 2.45) is 0 Å². The molecule has 1 aromatic carbocycles. The molecule has 2 aliphatic rings. The molecule has 0 saturated carbocycles. The van der Waals surface area contributed by atoms with Crippen molar-refractivity contribution < 1.29 is 28.2 Å². The minimum atomic E-state index is -0.675. The molecule has 40 heavy (non-hydrogen) atoms. The predicted molar refractivity (Wildman–Crippen MR) is 149 cm³/mol. The minimum absolute atomic E-state index is 0.109. The summed E-state index contributed by atoms with van der Waals surface area (Å²) >= 11 is 0. The van der Waals surface area contributed by atoms with Gasteiger partial charge in [0.15, 0.2) is 6.29 Å². The topological polar surface area (TPSA) is 107 Å². The number of carbonyl (C=O) groups is 2. The maximum absolute atomic E-state index is 14.6. The third-order valence-electron chi connectivity index (χ3n) is 7.45. The van der Waals surface area contributed by atoms with E-state index in [0.29, 0.717) is 47.6 Å². The van der Waals surface area contributed by atoms with E-state index in [9.17, 15) is 14.0 Å². The molecule has 2 N–H and O–H groups in total. The Hall–Kier alpha value is -3.44. The first-order valence-corrected chi connectivity index (χ1v) is 13.5. The lowest BCUT2D eigenvalue weighted by atomic mass is 9.75. The number of fused-ring (bicyclic) bond motifs is 2. The number of halogens is 1. The normalized spacial score (nSPS) is 17.9. The van der Waals surface area contributed by atoms with Gasteiger partial charge in [0.1, 0.15) is 17.2 Å². The highest BCUT2D eigenvalue weighted by atomic mass is 19.1. The van der Waals surface area contributed by atoms with Crippen molar-refractivity contribution in [3.8, 4) is 5.69 Å². The quantitative estimate of drug-likeness (QED) is 0.370. The number of methoxy groups -OCH3 is 2. The average Bonchev–Trinajstić information content (AvgIpc) is 3.50. The maximum atomic E-state index is 14.6. The standard InChI is InChI=1S/C29H40FN5O5/c1-17-13-20(14-18(2)23(17)30)35-25(32-26(36)31-15-21(38-7)39-8)22-19(3)34(27(37)40-28(4,5)6)16-29(24(22)33-35)11-9-10-12-29/h9-10,13-14,19,21H,11-12,15-16H2,1-8H3,(H2,31,32,36)/t19-/m0/s1. The number of urea groups is 1. The Morgan fingerprint density at radius 1 is 1.15 bits per heavy atom. The van der Waals surface area contributed by atoms with E-state index in [1.165, 1.54) is 14.2 Å². The highest BCUT2D eigenvalue weighted by Crippen LogP contribution is 2.49. The zero-order chi connectivity index (χ0) is 29.4. The molecular weight excluding hydrogens is 517 g/mol. The fourth-order valence-corrected chi connectivity index (χ4v) is 5.42. The first kappa shape index (κ1) is 29.5. The van der Waals surface area contributed by atoms with Crippen LogP contribution in [0.1, 0.15) is 69.0 Å². The molecular formula is C29H40FN5O5. The largest absolute Gasteiger partial charge is 0.444 e. The Bertz CT molecular complexity index is 1280. The fraction of sp³-hybridized carbons (Fsp3) is 0.552. The molecule has 10 nitrogen and oxygen atoms in total. The van der Waals surface area contributed by atoms with Gasteiger partial charge in [-0.1, -0.05) is 12.2 Å². The monoisotopic (exact) mass is 557 g/mol. The molecule has 1 atom stereocenters. The Balaban J connectivity index is 1.85. The van der Waals surface area contributed by atoms with E-state index in [-0.39, 0.29) is 12.4 Å². The Morgan fingerprint density at radius 3 is 2.30 bits per heavy atom. The smallest absolute Gasteiger partial charge is 0.410 e. The number of nitrogens with zero attached hydrogens (tertiary/aromatic N) is 3. The van der Waals surface area contributed by atoms with Gasteiger partial charge in [-0.05, 0) is 77.6 Å². The van der Waals surface area contributed by atoms with Crippen LogP contribution in [-0.4, -0.2) is 66.0 Å². The van der Waals surface area contributed by atoms with Crippen LogP contribution < -0.4 is 10.6 Å². The van der Waals surface area contributed by atoms with E-state index in [2.05, 4.69) is 22.8 Å². The molecule has 11 heteroatoms. The summed E-state index contributed by atoms with van der Waals surface area (Å²) in [6.45, 7) is 11.3. The SMILES string of the molecule is COC(CNC(=O)Nc1c2c(nn1-c1cc(C)c(F)c(C)c1)C1(CC=CC1)CN(C(=O)OC(C)(C)C)[C@H]2C)OC. The number of ether oxygens (including phenoxy) is 3. The van der Waals surface area contributed by atoms with Crippen LogP contribution >= 0.6 is 0 Å². The number of aromatic nitrogens is 2. The van der Waals surface area contributed by atoms with Gasteiger partial charge in [0.05, 0.1) is 24.0 Å². The van der Waals surface area contributed by atoms with Gasteiger partial charge >= 0.3 is 12.1 Å². The molecule has 3 amide bonds. The number of rotatable bonds is 6. The van der Waals surface area contributed by atoms with Crippen molar-refractivity contribution in [2.45, 2.75) is 77.7 Å². The molecule has 1 aliphatic heterocycles. The van der Waals surface area contributed by atoms with Gasteiger partial charge < -0.3 is 24.4 Å². The van der Waals surface area contributed by atoms with Crippen LogP contribution in [0.3, 0.4) is 0 Å². The number of aryl methyl sites for hydroxylation is 2. The first-order chi connectivity index (χ1) is 18.8. The van der Waals surface area contributed by atoms with Gasteiger partial charge in [0.2, 0.25) is 0 Å². The molecule has 218 valence electrons. The van der Waals surface area contributed by atoms with Crippen LogP contribution in [-0.2, 0) is 19.6 Å². The predicted octanol–water partition coefficient (Wildman–Crippen LogP) is 5.27. The number of anilines is 1. The Labute approximate surface area is 234 Å². The molecule has 0 saturated heterocycles. The molecule has 2 aromatic rings. The van der Waals surface area contributed by atoms with Crippen molar-refractivity contribution in [1.82, 2.24) is 20.0 Å². The van der Waals surface area contributed by atoms with Gasteiger partial charge in [0, 0.05) is 31.7 Å². The summed E-state index contributed by atoms with van der Waals surface area (Å²) < 4.78 is 32.4. The van der Waals surface area contributed by atoms with E-state index in [4.69, 9.17) is 19.3 Å². The van der Waals surface area contributed by atoms with Crippen molar-refractivity contribution in [3.05, 3.63) is 52.5 Å². The maximum Gasteiger partial charge on any atom is 0.410 e. The van der Waals surface area contributed by atoms with E-state index < -0.39 is 35.5 Å². The van der Waals surface area contributed by atoms with Crippen molar-refractivity contribution in [1.29, 1.82) is 0 Å². The Kier molecular flexibility index (Phi) is 8.28. The summed E-state index contributed by atoms with van der Waals surface area (Å²) in [6.07, 6.45) is 4.48. The summed E-state index contributed by atoms with van der Waals surface area (Å²) in [5.74, 6) is 0.107. The van der Waals surface area contributed by atoms with Gasteiger partial charge in [-0.25, -0.2) is 18.7 Å². The molecule has 2 heterocycles. The highest BCUT2D eigenvalue weighted by Gasteiger charge is 2.49. The highest BCUT2D eigenvalue weighted by molar-refractivity contribution is 5.90. The van der Waals surface area contributed by atoms with Crippen molar-refractivity contribution in [3.63, 3.8) is 0 Å². The van der Waals surface area contributed by atoms with Crippen LogP contribution in [0.25, 0.3) is 5.69 Å². The zero-order valence-corrected chi connectivity index (χ0v) is 24.6. The van der Waals surface area contributed by atoms with Gasteiger partial charge in [-0.15, -0.1) is 0 Å². The zero-order valence-electron chi connectivity index (χ0n) is 24.6. The van der Waals surface area contributed by atoms with Crippen molar-refractivity contribution >= 4 is 17.9 Å². The van der Waals surface area contributed by atoms with Crippen LogP contribution in [0.4, 0.5) is 19.8 Å². The number of carbonyl (C=O) groups excluding carboxylic acids is 2. The van der Waals surface area contributed by atoms with Crippen LogP contribution in [0.2, 0.25) is 0 Å². The number of hydrogen-bond acceptors (Lipinski definition) is 6. The Morgan fingerprint density at radius 2 is 1.75 bits per heavy atom. The third kappa shape index (κ3) is 5.71. The third-order valence-corrected chi connectivity index (χ3v) is 7.45. The van der Waals surface area contributed by atoms with Gasteiger partial charge in [0.25, 0.3) is 0 Å². The van der Waals surface area contributed by atoms with E-state index in [0.717, 1.165) is 5.69 Å². The number of benzene rings is 1. The minimum Gasteiger partial charge on any atom is -0.444 e. The summed E-state index contributed by atoms with van der Waals surface area (Å²) in [5.41, 5.74) is 1.87. The molecule has 4 rings (SSSR count). The van der Waals surface area contributed by atoms with Gasteiger partial charge in [-0.3, -0.25) is 5.32 Å². The number of nitrogens with one attached hydrogen (secondary N) is 2. The molecule has 1 spiro atoms. The number of hydrogen-bond donors (Lipinski definition) is 2. The lowest BCUT2D eigenvalue weighted by Gasteiger charge is -2.43. The fourth-order valence-electron chi connectivity index (χ4n) is 5.42. The molecule has 0 bridgehead atoms. The molecule has 0 radical (unpaired) electrons. The first-order valence-electron chi connectivity index (χ1n) is 13.5. The summed E-state index contributed by atoms with van der Waals surface area (Å²) in [4.78, 5) is 28.3. The summed E-state index contributed by atoms with van der Waals surface area (Å²) in [6, 6.07) is 2.43. The van der Waals surface area contributed by atoms with E-state index in [1.807, 2.05) is 27.7 Å². The second-order valence-electron chi connectivity index (χ2n) is 11.6. The summed E-state index contributed by atoms with van der Waals surface area (Å²) in [7, 11) is 2.97. The molecule has 0 unspecified atom stereocenters. The average molecular weight is 558 g/mol. The van der Waals surface area contributed by atoms with Crippen LogP contribution in [0.5, 0.6) is 0 Å². The van der Waals surface area contributed by atoms with E-state index >= 15 is 0 Å². The van der Waals surface area contributed by atoms with Crippen LogP contribution in [0, 0.1) is 19.7 Å². The summed E-state index contributed by atoms with van der Waals surface area (Å²) in [5, 5.41) is 10.8. The lowest BCUT2D eigenvalue weighted by Crippen LogP contribution is -2.50. The van der Waals surface area contributed by atoms with Crippen molar-refractivity contribution in [2.75, 3.05) is 32.6 Å². The van der Waals surface area contributed by atoms with E-state index in [1.54, 1.807) is 35.6 Å². The second kappa shape index (κ2) is 11.2. The van der Waals surface area contributed by atoms with Gasteiger partial charge in [-0.2, -0.15) is 5.10 Å².